The highest BCUT2D eigenvalue weighted by atomic mass is 16.2. The van der Waals surface area contributed by atoms with Gasteiger partial charge in [-0.25, -0.2) is 4.68 Å². The Labute approximate surface area is 151 Å². The molecule has 3 rings (SSSR count). The Morgan fingerprint density at radius 1 is 1.12 bits per heavy atom. The monoisotopic (exact) mass is 348 g/mol. The average Bonchev–Trinajstić information content (AvgIpc) is 2.69. The largest absolute Gasteiger partial charge is 0.337 e. The van der Waals surface area contributed by atoms with Gasteiger partial charge in [-0.3, -0.25) is 14.6 Å². The van der Waals surface area contributed by atoms with E-state index in [1.165, 1.54) is 10.7 Å². The summed E-state index contributed by atoms with van der Waals surface area (Å²) in [5.41, 5.74) is 2.17. The molecule has 0 saturated carbocycles. The van der Waals surface area contributed by atoms with E-state index in [9.17, 15) is 9.59 Å². The lowest BCUT2D eigenvalue weighted by molar-refractivity contribution is -0.132. The molecule has 0 bridgehead atoms. The molecule has 132 valence electrons. The molecule has 0 aliphatic rings. The zero-order chi connectivity index (χ0) is 18.5. The Bertz CT molecular complexity index is 939. The number of nitrogens with zero attached hydrogens (tertiary/aromatic N) is 4. The van der Waals surface area contributed by atoms with Crippen LogP contribution in [0.2, 0.25) is 0 Å². The molecular formula is C20H20N4O2. The lowest BCUT2D eigenvalue weighted by Crippen LogP contribution is -2.36. The Morgan fingerprint density at radius 2 is 1.88 bits per heavy atom. The number of benzene rings is 1. The standard InChI is InChI=1S/C20H20N4O2/c1-15(17-9-6-12-21-13-17)23(2)20(26)14-24-19(25)11-10-18(22-24)16-7-4-3-5-8-16/h3-13,15H,14H2,1-2H3. The normalized spacial score (nSPS) is 11.8. The number of carbonyl (C=O) groups excluding carboxylic acids is 1. The second-order valence-electron chi connectivity index (χ2n) is 6.05. The van der Waals surface area contributed by atoms with Crippen molar-refractivity contribution in [3.8, 4) is 11.3 Å². The van der Waals surface area contributed by atoms with Crippen molar-refractivity contribution in [2.75, 3.05) is 7.05 Å². The first kappa shape index (κ1) is 17.5. The van der Waals surface area contributed by atoms with Crippen LogP contribution < -0.4 is 5.56 Å². The predicted molar refractivity (Wildman–Crippen MR) is 99.4 cm³/mol. The van der Waals surface area contributed by atoms with Gasteiger partial charge in [-0.15, -0.1) is 0 Å². The minimum Gasteiger partial charge on any atom is -0.337 e. The minimum atomic E-state index is -0.305. The van der Waals surface area contributed by atoms with E-state index in [0.29, 0.717) is 5.69 Å². The van der Waals surface area contributed by atoms with Gasteiger partial charge in [-0.05, 0) is 24.6 Å². The summed E-state index contributed by atoms with van der Waals surface area (Å²) in [7, 11) is 1.71. The summed E-state index contributed by atoms with van der Waals surface area (Å²) in [6, 6.07) is 16.3. The van der Waals surface area contributed by atoms with Crippen LogP contribution in [0, 0.1) is 0 Å². The van der Waals surface area contributed by atoms with Gasteiger partial charge in [0, 0.05) is 31.1 Å². The summed E-state index contributed by atoms with van der Waals surface area (Å²) < 4.78 is 1.21. The van der Waals surface area contributed by atoms with E-state index in [2.05, 4.69) is 10.1 Å². The molecule has 0 aliphatic carbocycles. The second-order valence-corrected chi connectivity index (χ2v) is 6.05. The summed E-state index contributed by atoms with van der Waals surface area (Å²) in [5.74, 6) is -0.193. The molecule has 0 spiro atoms. The summed E-state index contributed by atoms with van der Waals surface area (Å²) >= 11 is 0. The van der Waals surface area contributed by atoms with Crippen molar-refractivity contribution >= 4 is 5.91 Å². The van der Waals surface area contributed by atoms with E-state index >= 15 is 0 Å². The maximum Gasteiger partial charge on any atom is 0.267 e. The highest BCUT2D eigenvalue weighted by Gasteiger charge is 2.18. The van der Waals surface area contributed by atoms with Crippen molar-refractivity contribution in [2.45, 2.75) is 19.5 Å². The SMILES string of the molecule is CC(c1cccnc1)N(C)C(=O)Cn1nc(-c2ccccc2)ccc1=O. The molecular weight excluding hydrogens is 328 g/mol. The zero-order valence-electron chi connectivity index (χ0n) is 14.7. The fourth-order valence-corrected chi connectivity index (χ4v) is 2.63. The third kappa shape index (κ3) is 3.85. The van der Waals surface area contributed by atoms with Crippen LogP contribution in [-0.2, 0) is 11.3 Å². The van der Waals surface area contributed by atoms with E-state index < -0.39 is 0 Å². The van der Waals surface area contributed by atoms with Gasteiger partial charge < -0.3 is 4.90 Å². The fourth-order valence-electron chi connectivity index (χ4n) is 2.63. The molecule has 1 atom stereocenters. The topological polar surface area (TPSA) is 68.1 Å². The van der Waals surface area contributed by atoms with E-state index in [1.807, 2.05) is 49.4 Å². The van der Waals surface area contributed by atoms with Gasteiger partial charge in [-0.1, -0.05) is 36.4 Å². The van der Waals surface area contributed by atoms with Crippen LogP contribution in [0.5, 0.6) is 0 Å². The number of aromatic nitrogens is 3. The highest BCUT2D eigenvalue weighted by Crippen LogP contribution is 2.18. The highest BCUT2D eigenvalue weighted by molar-refractivity contribution is 5.76. The molecule has 26 heavy (non-hydrogen) atoms. The lowest BCUT2D eigenvalue weighted by Gasteiger charge is -2.25. The molecule has 1 unspecified atom stereocenters. The Kier molecular flexibility index (Phi) is 5.22. The third-order valence-electron chi connectivity index (χ3n) is 4.36. The van der Waals surface area contributed by atoms with Gasteiger partial charge in [0.1, 0.15) is 6.54 Å². The molecule has 0 aliphatic heterocycles. The number of hydrogen-bond donors (Lipinski definition) is 0. The van der Waals surface area contributed by atoms with Gasteiger partial charge in [0.2, 0.25) is 5.91 Å². The zero-order valence-corrected chi connectivity index (χ0v) is 14.7. The first-order valence-corrected chi connectivity index (χ1v) is 8.35. The van der Waals surface area contributed by atoms with Crippen molar-refractivity contribution in [1.29, 1.82) is 0 Å². The molecule has 6 nitrogen and oxygen atoms in total. The Balaban J connectivity index is 1.80. The summed E-state index contributed by atoms with van der Waals surface area (Å²) in [5, 5.41) is 4.34. The molecule has 0 N–H and O–H groups in total. The van der Waals surface area contributed by atoms with Crippen molar-refractivity contribution in [3.05, 3.63) is 82.9 Å². The van der Waals surface area contributed by atoms with Crippen molar-refractivity contribution in [3.63, 3.8) is 0 Å². The number of carbonyl (C=O) groups is 1. The fraction of sp³-hybridized carbons (Fsp3) is 0.200. The number of amides is 1. The van der Waals surface area contributed by atoms with Crippen LogP contribution in [0.15, 0.2) is 71.8 Å². The van der Waals surface area contributed by atoms with Gasteiger partial charge in [0.15, 0.2) is 0 Å². The summed E-state index contributed by atoms with van der Waals surface area (Å²) in [6.07, 6.45) is 3.42. The van der Waals surface area contributed by atoms with E-state index in [-0.39, 0.29) is 24.1 Å². The van der Waals surface area contributed by atoms with E-state index in [0.717, 1.165) is 11.1 Å². The molecule has 6 heteroatoms. The summed E-state index contributed by atoms with van der Waals surface area (Å²) in [4.78, 5) is 30.4. The van der Waals surface area contributed by atoms with Crippen LogP contribution in [0.1, 0.15) is 18.5 Å². The minimum absolute atomic E-state index is 0.111. The molecule has 0 radical (unpaired) electrons. The van der Waals surface area contributed by atoms with Crippen molar-refractivity contribution in [2.24, 2.45) is 0 Å². The molecule has 3 aromatic rings. The Morgan fingerprint density at radius 3 is 2.58 bits per heavy atom. The van der Waals surface area contributed by atoms with Gasteiger partial charge >= 0.3 is 0 Å². The molecule has 1 amide bonds. The Hall–Kier alpha value is -3.28. The van der Waals surface area contributed by atoms with Crippen molar-refractivity contribution in [1.82, 2.24) is 19.7 Å². The van der Waals surface area contributed by atoms with Crippen LogP contribution >= 0.6 is 0 Å². The maximum atomic E-state index is 12.6. The molecule has 2 aromatic heterocycles. The molecule has 0 saturated heterocycles. The van der Waals surface area contributed by atoms with E-state index in [4.69, 9.17) is 0 Å². The first-order valence-electron chi connectivity index (χ1n) is 8.35. The number of rotatable bonds is 5. The van der Waals surface area contributed by atoms with Gasteiger partial charge in [-0.2, -0.15) is 5.10 Å². The molecule has 0 fully saturated rings. The summed E-state index contributed by atoms with van der Waals surface area (Å²) in [6.45, 7) is 1.81. The first-order chi connectivity index (χ1) is 12.6. The number of pyridine rings is 1. The molecule has 2 heterocycles. The number of likely N-dealkylation sites (N-methyl/N-ethyl adjacent to an activating group) is 1. The van der Waals surface area contributed by atoms with Gasteiger partial charge in [0.25, 0.3) is 5.56 Å². The van der Waals surface area contributed by atoms with Crippen LogP contribution in [-0.4, -0.2) is 32.6 Å². The quantitative estimate of drug-likeness (QED) is 0.710. The average molecular weight is 348 g/mol. The molecule has 1 aromatic carbocycles. The van der Waals surface area contributed by atoms with Gasteiger partial charge in [0.05, 0.1) is 11.7 Å². The second kappa shape index (κ2) is 7.74. The smallest absolute Gasteiger partial charge is 0.267 e. The van der Waals surface area contributed by atoms with E-state index in [1.54, 1.807) is 30.4 Å². The predicted octanol–water partition coefficient (Wildman–Crippen LogP) is 2.52. The van der Waals surface area contributed by atoms with Crippen LogP contribution in [0.4, 0.5) is 0 Å². The van der Waals surface area contributed by atoms with Crippen LogP contribution in [0.3, 0.4) is 0 Å². The third-order valence-corrected chi connectivity index (χ3v) is 4.36. The number of hydrogen-bond acceptors (Lipinski definition) is 4. The lowest BCUT2D eigenvalue weighted by atomic mass is 10.1. The van der Waals surface area contributed by atoms with Crippen molar-refractivity contribution < 1.29 is 4.79 Å². The maximum absolute atomic E-state index is 12.6. The van der Waals surface area contributed by atoms with Crippen LogP contribution in [0.25, 0.3) is 11.3 Å².